The van der Waals surface area contributed by atoms with E-state index in [9.17, 15) is 4.79 Å². The first-order chi connectivity index (χ1) is 9.63. The average molecular weight is 334 g/mol. The Kier molecular flexibility index (Phi) is 3.40. The van der Waals surface area contributed by atoms with Gasteiger partial charge in [-0.05, 0) is 24.1 Å². The highest BCUT2D eigenvalue weighted by molar-refractivity contribution is 9.10. The predicted octanol–water partition coefficient (Wildman–Crippen LogP) is 2.79. The van der Waals surface area contributed by atoms with Crippen molar-refractivity contribution in [2.75, 3.05) is 5.32 Å². The molecule has 1 aromatic heterocycles. The second kappa shape index (κ2) is 5.20. The molecule has 0 spiro atoms. The zero-order chi connectivity index (χ0) is 14.1. The summed E-state index contributed by atoms with van der Waals surface area (Å²) in [5.74, 6) is -0.617. The van der Waals surface area contributed by atoms with Crippen molar-refractivity contribution in [3.05, 3.63) is 41.1 Å². The molecule has 1 saturated carbocycles. The van der Waals surface area contributed by atoms with E-state index in [1.807, 2.05) is 24.3 Å². The summed E-state index contributed by atoms with van der Waals surface area (Å²) in [5, 5.41) is 11.9. The van der Waals surface area contributed by atoms with Crippen LogP contribution in [0.3, 0.4) is 0 Å². The van der Waals surface area contributed by atoms with Crippen LogP contribution in [0, 0.1) is 5.92 Å². The normalized spacial score (nSPS) is 20.4. The Morgan fingerprint density at radius 1 is 1.30 bits per heavy atom. The fourth-order valence-corrected chi connectivity index (χ4v) is 2.41. The van der Waals surface area contributed by atoms with Gasteiger partial charge in [-0.3, -0.25) is 4.79 Å². The van der Waals surface area contributed by atoms with Crippen LogP contribution in [0.5, 0.6) is 0 Å². The number of hydrogen-bond acceptors (Lipinski definition) is 4. The summed E-state index contributed by atoms with van der Waals surface area (Å²) >= 11 is 3.43. The lowest BCUT2D eigenvalue weighted by atomic mass is 10.1. The molecule has 1 heterocycles. The Balaban J connectivity index is 1.71. The van der Waals surface area contributed by atoms with Gasteiger partial charge < -0.3 is 10.4 Å². The quantitative estimate of drug-likeness (QED) is 0.899. The van der Waals surface area contributed by atoms with Crippen molar-refractivity contribution in [2.45, 2.75) is 12.5 Å². The maximum atomic E-state index is 10.7. The number of halogens is 1. The Morgan fingerprint density at radius 3 is 2.65 bits per heavy atom. The third kappa shape index (κ3) is 2.80. The molecule has 0 radical (unpaired) electrons. The van der Waals surface area contributed by atoms with Gasteiger partial charge in [-0.2, -0.15) is 0 Å². The molecule has 102 valence electrons. The number of carbonyl (C=O) groups is 1. The zero-order valence-electron chi connectivity index (χ0n) is 10.5. The van der Waals surface area contributed by atoms with Gasteiger partial charge in [0.25, 0.3) is 0 Å². The molecule has 1 aromatic carbocycles. The van der Waals surface area contributed by atoms with Crippen molar-refractivity contribution in [3.63, 3.8) is 0 Å². The minimum atomic E-state index is -0.770. The van der Waals surface area contributed by atoms with Crippen LogP contribution in [0.4, 0.5) is 5.95 Å². The number of rotatable bonds is 4. The Morgan fingerprint density at radius 2 is 2.05 bits per heavy atom. The fourth-order valence-electron chi connectivity index (χ4n) is 2.01. The molecule has 0 aliphatic heterocycles. The third-order valence-corrected chi connectivity index (χ3v) is 3.73. The number of aromatic nitrogens is 2. The van der Waals surface area contributed by atoms with E-state index in [-0.39, 0.29) is 12.0 Å². The van der Waals surface area contributed by atoms with Gasteiger partial charge in [0.2, 0.25) is 5.95 Å². The molecule has 1 aliphatic carbocycles. The Hall–Kier alpha value is -1.95. The number of carboxylic acid groups (broad SMARTS) is 1. The lowest BCUT2D eigenvalue weighted by molar-refractivity contribution is -0.138. The van der Waals surface area contributed by atoms with Gasteiger partial charge in [0, 0.05) is 28.5 Å². The average Bonchev–Trinajstić information content (AvgIpc) is 3.19. The van der Waals surface area contributed by atoms with E-state index in [1.54, 1.807) is 12.4 Å². The topological polar surface area (TPSA) is 75.1 Å². The molecule has 2 atom stereocenters. The first-order valence-corrected chi connectivity index (χ1v) is 7.00. The smallest absolute Gasteiger partial charge is 0.308 e. The molecule has 1 fully saturated rings. The van der Waals surface area contributed by atoms with Crippen LogP contribution in [-0.4, -0.2) is 27.1 Å². The van der Waals surface area contributed by atoms with Gasteiger partial charge in [0.15, 0.2) is 0 Å². The summed E-state index contributed by atoms with van der Waals surface area (Å²) in [6.45, 7) is 0. The van der Waals surface area contributed by atoms with Gasteiger partial charge in [0.05, 0.1) is 5.92 Å². The molecule has 1 aliphatic rings. The molecule has 2 unspecified atom stereocenters. The molecule has 6 heteroatoms. The number of anilines is 1. The van der Waals surface area contributed by atoms with Crippen molar-refractivity contribution in [1.29, 1.82) is 0 Å². The van der Waals surface area contributed by atoms with Crippen molar-refractivity contribution in [3.8, 4) is 11.1 Å². The minimum absolute atomic E-state index is 0.0516. The van der Waals surface area contributed by atoms with E-state index in [0.29, 0.717) is 12.4 Å². The molecule has 5 nitrogen and oxygen atoms in total. The highest BCUT2D eigenvalue weighted by Crippen LogP contribution is 2.33. The van der Waals surface area contributed by atoms with Gasteiger partial charge in [-0.1, -0.05) is 28.1 Å². The first-order valence-electron chi connectivity index (χ1n) is 6.21. The van der Waals surface area contributed by atoms with Crippen molar-refractivity contribution >= 4 is 27.8 Å². The SMILES string of the molecule is O=C(O)C1CC1Nc1ncc(-c2cccc(Br)c2)cn1. The third-order valence-electron chi connectivity index (χ3n) is 3.23. The van der Waals surface area contributed by atoms with Crippen LogP contribution < -0.4 is 5.32 Å². The maximum absolute atomic E-state index is 10.7. The Labute approximate surface area is 124 Å². The summed E-state index contributed by atoms with van der Waals surface area (Å²) in [4.78, 5) is 19.2. The van der Waals surface area contributed by atoms with Crippen LogP contribution in [-0.2, 0) is 4.79 Å². The minimum Gasteiger partial charge on any atom is -0.481 e. The highest BCUT2D eigenvalue weighted by atomic mass is 79.9. The molecule has 0 saturated heterocycles. The lowest BCUT2D eigenvalue weighted by Crippen LogP contribution is -2.12. The molecule has 0 amide bonds. The van der Waals surface area contributed by atoms with E-state index in [1.165, 1.54) is 0 Å². The standard InChI is InChI=1S/C14H12BrN3O2/c15-10-3-1-2-8(4-10)9-6-16-14(17-7-9)18-12-5-11(12)13(19)20/h1-4,6-7,11-12H,5H2,(H,19,20)(H,16,17,18). The molecular formula is C14H12BrN3O2. The lowest BCUT2D eigenvalue weighted by Gasteiger charge is -2.05. The van der Waals surface area contributed by atoms with E-state index in [0.717, 1.165) is 15.6 Å². The van der Waals surface area contributed by atoms with Crippen LogP contribution in [0.25, 0.3) is 11.1 Å². The van der Waals surface area contributed by atoms with Crippen LogP contribution >= 0.6 is 15.9 Å². The summed E-state index contributed by atoms with van der Waals surface area (Å²) in [6.07, 6.45) is 4.09. The van der Waals surface area contributed by atoms with Gasteiger partial charge >= 0.3 is 5.97 Å². The first kappa shape index (κ1) is 13.1. The summed E-state index contributed by atoms with van der Waals surface area (Å²) < 4.78 is 1.000. The van der Waals surface area contributed by atoms with E-state index >= 15 is 0 Å². The van der Waals surface area contributed by atoms with Gasteiger partial charge in [0.1, 0.15) is 0 Å². The van der Waals surface area contributed by atoms with Crippen molar-refractivity contribution in [2.24, 2.45) is 5.92 Å². The summed E-state index contributed by atoms with van der Waals surface area (Å²) in [7, 11) is 0. The van der Waals surface area contributed by atoms with Crippen molar-refractivity contribution in [1.82, 2.24) is 9.97 Å². The van der Waals surface area contributed by atoms with Gasteiger partial charge in [-0.15, -0.1) is 0 Å². The van der Waals surface area contributed by atoms with Crippen molar-refractivity contribution < 1.29 is 9.90 Å². The zero-order valence-corrected chi connectivity index (χ0v) is 12.0. The number of nitrogens with one attached hydrogen (secondary N) is 1. The molecule has 3 rings (SSSR count). The molecule has 0 bridgehead atoms. The molecule has 2 N–H and O–H groups in total. The fraction of sp³-hybridized carbons (Fsp3) is 0.214. The number of aliphatic carboxylic acids is 1. The molecular weight excluding hydrogens is 322 g/mol. The van der Waals surface area contributed by atoms with Gasteiger partial charge in [-0.25, -0.2) is 9.97 Å². The van der Waals surface area contributed by atoms with E-state index in [4.69, 9.17) is 5.11 Å². The monoisotopic (exact) mass is 333 g/mol. The second-order valence-corrected chi connectivity index (χ2v) is 5.65. The highest BCUT2D eigenvalue weighted by Gasteiger charge is 2.43. The van der Waals surface area contributed by atoms with E-state index in [2.05, 4.69) is 31.2 Å². The summed E-state index contributed by atoms with van der Waals surface area (Å²) in [6, 6.07) is 7.83. The number of carboxylic acids is 1. The number of nitrogens with zero attached hydrogens (tertiary/aromatic N) is 2. The van der Waals surface area contributed by atoms with E-state index < -0.39 is 5.97 Å². The predicted molar refractivity (Wildman–Crippen MR) is 78.3 cm³/mol. The largest absolute Gasteiger partial charge is 0.481 e. The van der Waals surface area contributed by atoms with Crippen LogP contribution in [0.1, 0.15) is 6.42 Å². The second-order valence-electron chi connectivity index (χ2n) is 4.74. The van der Waals surface area contributed by atoms with Crippen LogP contribution in [0.2, 0.25) is 0 Å². The number of hydrogen-bond donors (Lipinski definition) is 2. The molecule has 20 heavy (non-hydrogen) atoms. The summed E-state index contributed by atoms with van der Waals surface area (Å²) in [5.41, 5.74) is 1.95. The maximum Gasteiger partial charge on any atom is 0.308 e. The Bertz CT molecular complexity index is 645. The molecule has 2 aromatic rings. The van der Waals surface area contributed by atoms with Crippen LogP contribution in [0.15, 0.2) is 41.1 Å². The number of benzene rings is 1.